The Labute approximate surface area is 126 Å². The number of aromatic hydroxyl groups is 1. The Morgan fingerprint density at radius 1 is 1.10 bits per heavy atom. The van der Waals surface area contributed by atoms with Crippen molar-refractivity contribution < 1.29 is 9.90 Å². The number of hydrogen-bond acceptors (Lipinski definition) is 3. The van der Waals surface area contributed by atoms with Crippen LogP contribution in [0, 0.1) is 0 Å². The Kier molecular flexibility index (Phi) is 3.46. The molecule has 2 N–H and O–H groups in total. The van der Waals surface area contributed by atoms with Crippen LogP contribution >= 0.6 is 11.6 Å². The van der Waals surface area contributed by atoms with Crippen molar-refractivity contribution in [1.29, 1.82) is 0 Å². The molecule has 5 heteroatoms. The summed E-state index contributed by atoms with van der Waals surface area (Å²) in [6.07, 6.45) is 0. The number of benzene rings is 2. The van der Waals surface area contributed by atoms with Gasteiger partial charge in [0.1, 0.15) is 16.6 Å². The predicted octanol–water partition coefficient (Wildman–Crippen LogP) is 3.85. The molecule has 0 radical (unpaired) electrons. The van der Waals surface area contributed by atoms with Gasteiger partial charge in [-0.2, -0.15) is 0 Å². The monoisotopic (exact) mass is 298 g/mol. The van der Waals surface area contributed by atoms with Crippen LogP contribution in [0.25, 0.3) is 10.8 Å². The summed E-state index contributed by atoms with van der Waals surface area (Å²) in [5.41, 5.74) is 0.524. The number of carbonyl (C=O) groups is 1. The molecule has 0 aliphatic rings. The van der Waals surface area contributed by atoms with Gasteiger partial charge in [0.25, 0.3) is 5.91 Å². The third-order valence-electron chi connectivity index (χ3n) is 3.08. The van der Waals surface area contributed by atoms with Crippen LogP contribution in [0.5, 0.6) is 5.75 Å². The first-order chi connectivity index (χ1) is 10.1. The lowest BCUT2D eigenvalue weighted by molar-refractivity contribution is 0.102. The molecule has 0 atom stereocenters. The normalized spacial score (nSPS) is 10.5. The Balaban J connectivity index is 1.97. The molecule has 104 valence electrons. The van der Waals surface area contributed by atoms with Gasteiger partial charge in [-0.1, -0.05) is 48.0 Å². The fraction of sp³-hybridized carbons (Fsp3) is 0. The van der Waals surface area contributed by atoms with Gasteiger partial charge in [0.15, 0.2) is 0 Å². The third-order valence-corrected chi connectivity index (χ3v) is 3.37. The number of pyridine rings is 1. The van der Waals surface area contributed by atoms with E-state index >= 15 is 0 Å². The number of amides is 1. The largest absolute Gasteiger partial charge is 0.506 e. The second-order valence-corrected chi connectivity index (χ2v) is 4.85. The summed E-state index contributed by atoms with van der Waals surface area (Å²) >= 11 is 6.10. The van der Waals surface area contributed by atoms with Crippen LogP contribution in [0.2, 0.25) is 5.15 Å². The number of carbonyl (C=O) groups excluding carboxylic acids is 1. The van der Waals surface area contributed by atoms with Gasteiger partial charge in [-0.05, 0) is 23.6 Å². The van der Waals surface area contributed by atoms with E-state index in [0.717, 1.165) is 10.8 Å². The van der Waals surface area contributed by atoms with Crippen molar-refractivity contribution in [1.82, 2.24) is 4.98 Å². The Morgan fingerprint density at radius 3 is 2.62 bits per heavy atom. The second-order valence-electron chi connectivity index (χ2n) is 4.49. The lowest BCUT2D eigenvalue weighted by Gasteiger charge is -2.08. The summed E-state index contributed by atoms with van der Waals surface area (Å²) in [6, 6.07) is 15.6. The number of phenolic OH excluding ortho intramolecular Hbond substituents is 1. The van der Waals surface area contributed by atoms with Crippen molar-refractivity contribution in [3.05, 3.63) is 65.4 Å². The Bertz CT molecular complexity index is 833. The number of rotatable bonds is 2. The fourth-order valence-corrected chi connectivity index (χ4v) is 2.30. The van der Waals surface area contributed by atoms with Crippen molar-refractivity contribution in [2.75, 3.05) is 5.32 Å². The van der Waals surface area contributed by atoms with Gasteiger partial charge in [0.05, 0.1) is 5.69 Å². The summed E-state index contributed by atoms with van der Waals surface area (Å²) in [7, 11) is 0. The molecule has 1 amide bonds. The Morgan fingerprint density at radius 2 is 1.81 bits per heavy atom. The smallest absolute Gasteiger partial charge is 0.274 e. The summed E-state index contributed by atoms with van der Waals surface area (Å²) in [5.74, 6) is -0.429. The van der Waals surface area contributed by atoms with Crippen molar-refractivity contribution in [3.63, 3.8) is 0 Å². The van der Waals surface area contributed by atoms with Crippen LogP contribution in [0.3, 0.4) is 0 Å². The summed E-state index contributed by atoms with van der Waals surface area (Å²) in [6.45, 7) is 0. The first kappa shape index (κ1) is 13.4. The van der Waals surface area contributed by atoms with Gasteiger partial charge in [-0.3, -0.25) is 4.79 Å². The highest BCUT2D eigenvalue weighted by molar-refractivity contribution is 6.34. The van der Waals surface area contributed by atoms with E-state index in [4.69, 9.17) is 11.6 Å². The number of para-hydroxylation sites is 2. The molecular weight excluding hydrogens is 288 g/mol. The van der Waals surface area contributed by atoms with Crippen molar-refractivity contribution in [3.8, 4) is 5.75 Å². The molecule has 4 nitrogen and oxygen atoms in total. The van der Waals surface area contributed by atoms with Crippen LogP contribution < -0.4 is 5.32 Å². The second kappa shape index (κ2) is 5.42. The summed E-state index contributed by atoms with van der Waals surface area (Å²) < 4.78 is 0. The minimum atomic E-state index is -0.427. The van der Waals surface area contributed by atoms with E-state index < -0.39 is 5.91 Å². The zero-order chi connectivity index (χ0) is 14.8. The fourth-order valence-electron chi connectivity index (χ4n) is 2.04. The number of nitrogens with one attached hydrogen (secondary N) is 1. The van der Waals surface area contributed by atoms with Crippen molar-refractivity contribution in [2.24, 2.45) is 0 Å². The van der Waals surface area contributed by atoms with Crippen molar-refractivity contribution >= 4 is 34.0 Å². The van der Waals surface area contributed by atoms with Gasteiger partial charge in [-0.15, -0.1) is 0 Å². The number of halogens is 1. The quantitative estimate of drug-likeness (QED) is 0.558. The SMILES string of the molecule is O=C(Nc1ccccc1O)c1cc2ccccc2c(Cl)n1. The minimum absolute atomic E-state index is 0.00210. The maximum absolute atomic E-state index is 12.2. The number of nitrogens with zero attached hydrogens (tertiary/aromatic N) is 1. The molecule has 0 spiro atoms. The van der Waals surface area contributed by atoms with E-state index in [1.165, 1.54) is 6.07 Å². The maximum atomic E-state index is 12.2. The van der Waals surface area contributed by atoms with E-state index in [1.54, 1.807) is 24.3 Å². The molecule has 3 rings (SSSR count). The molecule has 0 fully saturated rings. The van der Waals surface area contributed by atoms with Gasteiger partial charge >= 0.3 is 0 Å². The molecule has 21 heavy (non-hydrogen) atoms. The van der Waals surface area contributed by atoms with E-state index in [0.29, 0.717) is 5.69 Å². The topological polar surface area (TPSA) is 62.2 Å². The molecular formula is C16H11ClN2O2. The molecule has 3 aromatic rings. The van der Waals surface area contributed by atoms with E-state index in [-0.39, 0.29) is 16.6 Å². The molecule has 0 saturated heterocycles. The first-order valence-electron chi connectivity index (χ1n) is 6.30. The Hall–Kier alpha value is -2.59. The molecule has 0 unspecified atom stereocenters. The molecule has 1 aromatic heterocycles. The lowest BCUT2D eigenvalue weighted by Crippen LogP contribution is -2.13. The minimum Gasteiger partial charge on any atom is -0.506 e. The number of aromatic nitrogens is 1. The highest BCUT2D eigenvalue weighted by atomic mass is 35.5. The van der Waals surface area contributed by atoms with Crippen LogP contribution in [0.1, 0.15) is 10.5 Å². The molecule has 0 saturated carbocycles. The number of phenols is 1. The lowest BCUT2D eigenvalue weighted by atomic mass is 10.1. The van der Waals surface area contributed by atoms with Crippen LogP contribution in [-0.4, -0.2) is 16.0 Å². The average molecular weight is 299 g/mol. The highest BCUT2D eigenvalue weighted by Crippen LogP contribution is 2.25. The predicted molar refractivity (Wildman–Crippen MR) is 82.8 cm³/mol. The number of hydrogen-bond donors (Lipinski definition) is 2. The average Bonchev–Trinajstić information content (AvgIpc) is 2.49. The summed E-state index contributed by atoms with van der Waals surface area (Å²) in [5, 5.41) is 14.2. The van der Waals surface area contributed by atoms with Crippen LogP contribution in [0.15, 0.2) is 54.6 Å². The maximum Gasteiger partial charge on any atom is 0.274 e. The van der Waals surface area contributed by atoms with Crippen LogP contribution in [-0.2, 0) is 0 Å². The highest BCUT2D eigenvalue weighted by Gasteiger charge is 2.12. The molecule has 2 aromatic carbocycles. The third kappa shape index (κ3) is 2.66. The van der Waals surface area contributed by atoms with Gasteiger partial charge < -0.3 is 10.4 Å². The van der Waals surface area contributed by atoms with Crippen molar-refractivity contribution in [2.45, 2.75) is 0 Å². The molecule has 0 aliphatic heterocycles. The van der Waals surface area contributed by atoms with Gasteiger partial charge in [-0.25, -0.2) is 4.98 Å². The number of anilines is 1. The zero-order valence-electron chi connectivity index (χ0n) is 10.9. The zero-order valence-corrected chi connectivity index (χ0v) is 11.6. The molecule has 0 bridgehead atoms. The molecule has 1 heterocycles. The molecule has 0 aliphatic carbocycles. The van der Waals surface area contributed by atoms with E-state index in [2.05, 4.69) is 10.3 Å². The van der Waals surface area contributed by atoms with Crippen LogP contribution in [0.4, 0.5) is 5.69 Å². The standard InChI is InChI=1S/C16H11ClN2O2/c17-15-11-6-2-1-5-10(11)9-13(18-15)16(21)19-12-7-3-4-8-14(12)20/h1-9,20H,(H,19,21). The number of fused-ring (bicyclic) bond motifs is 1. The van der Waals surface area contributed by atoms with Gasteiger partial charge in [0.2, 0.25) is 0 Å². The summed E-state index contributed by atoms with van der Waals surface area (Å²) in [4.78, 5) is 16.3. The van der Waals surface area contributed by atoms with Gasteiger partial charge in [0, 0.05) is 5.39 Å². The first-order valence-corrected chi connectivity index (χ1v) is 6.67. The van der Waals surface area contributed by atoms with E-state index in [9.17, 15) is 9.90 Å². The van der Waals surface area contributed by atoms with E-state index in [1.807, 2.05) is 24.3 Å².